The van der Waals surface area contributed by atoms with E-state index in [-0.39, 0.29) is 0 Å². The van der Waals surface area contributed by atoms with Crippen molar-refractivity contribution in [2.45, 2.75) is 55.2 Å². The number of aliphatic hydroxyl groups excluding tert-OH is 3. The van der Waals surface area contributed by atoms with E-state index >= 15 is 0 Å². The van der Waals surface area contributed by atoms with Crippen molar-refractivity contribution in [3.05, 3.63) is 36.5 Å². The molecule has 9 atom stereocenters. The average Bonchev–Trinajstić information content (AvgIpc) is 3.41. The highest BCUT2D eigenvalue weighted by atomic mass is 31.2. The Kier molecular flexibility index (Phi) is 9.95. The maximum absolute atomic E-state index is 11.9. The first-order chi connectivity index (χ1) is 19.0. The van der Waals surface area contributed by atoms with Crippen LogP contribution in [-0.4, -0.2) is 111 Å². The van der Waals surface area contributed by atoms with Gasteiger partial charge in [-0.2, -0.15) is 0 Å². The van der Waals surface area contributed by atoms with Gasteiger partial charge in [0, 0.05) is 6.20 Å². The minimum absolute atomic E-state index is 0.538. The second-order valence-corrected chi connectivity index (χ2v) is 12.6. The number of hydrogen-bond acceptors (Lipinski definition) is 12. The van der Waals surface area contributed by atoms with Crippen LogP contribution < -0.4 is 0 Å². The molecule has 3 heterocycles. The average molecular weight is 651 g/mol. The number of para-hydroxylation sites is 1. The molecule has 0 radical (unpaired) electrons. The van der Waals surface area contributed by atoms with Crippen LogP contribution in [0.4, 0.5) is 0 Å². The first-order valence-corrected chi connectivity index (χ1v) is 16.2. The molecule has 41 heavy (non-hydrogen) atoms. The monoisotopic (exact) mass is 651 g/mol. The summed E-state index contributed by atoms with van der Waals surface area (Å²) in [6, 6.07) is 8.51. The van der Waals surface area contributed by atoms with Gasteiger partial charge >= 0.3 is 23.5 Å². The molecule has 232 valence electrons. The van der Waals surface area contributed by atoms with Gasteiger partial charge in [0.1, 0.15) is 42.7 Å². The topological polar surface area (TPSA) is 294 Å². The summed E-state index contributed by atoms with van der Waals surface area (Å²) in [5, 5.41) is 31.4. The Morgan fingerprint density at radius 1 is 0.732 bits per heavy atom. The fourth-order valence-corrected chi connectivity index (χ4v) is 6.39. The predicted molar refractivity (Wildman–Crippen MR) is 130 cm³/mol. The normalized spacial score (nSPS) is 33.4. The smallest absolute Gasteiger partial charge is 0.394 e. The molecule has 19 nitrogen and oxygen atoms in total. The molecule has 0 unspecified atom stereocenters. The van der Waals surface area contributed by atoms with Crippen LogP contribution in [0.15, 0.2) is 36.5 Å². The zero-order chi connectivity index (χ0) is 30.3. The summed E-state index contributed by atoms with van der Waals surface area (Å²) in [4.78, 5) is 56.4. The SMILES string of the molecule is O=P(O)(O)O[C@@H]1[C@@H](O)[C@@H](O[C@H]2[C@@H](OP(=O)(O)O)[C@H](n3ccc4ccccc43)O[C@@H]2CO)O[C@H](CO)[C@H]1OP(=O)(O)O. The number of phosphoric acid groups is 3. The molecule has 2 aromatic rings. The van der Waals surface area contributed by atoms with E-state index in [1.807, 2.05) is 0 Å². The van der Waals surface area contributed by atoms with Gasteiger partial charge in [-0.25, -0.2) is 13.7 Å². The van der Waals surface area contributed by atoms with Crippen LogP contribution in [0, 0.1) is 0 Å². The van der Waals surface area contributed by atoms with Crippen molar-refractivity contribution >= 4 is 34.4 Å². The number of phosphoric ester groups is 3. The lowest BCUT2D eigenvalue weighted by molar-refractivity contribution is -0.313. The van der Waals surface area contributed by atoms with Gasteiger partial charge in [-0.3, -0.25) is 13.6 Å². The molecule has 0 saturated carbocycles. The van der Waals surface area contributed by atoms with Crippen LogP contribution in [0.25, 0.3) is 10.9 Å². The third-order valence-corrected chi connectivity index (χ3v) is 7.79. The summed E-state index contributed by atoms with van der Waals surface area (Å²) in [6.07, 6.45) is -15.2. The van der Waals surface area contributed by atoms with Gasteiger partial charge in [-0.15, -0.1) is 0 Å². The summed E-state index contributed by atoms with van der Waals surface area (Å²) < 4.78 is 67.2. The van der Waals surface area contributed by atoms with Crippen LogP contribution in [0.5, 0.6) is 0 Å². The first-order valence-electron chi connectivity index (χ1n) is 11.6. The molecule has 2 aliphatic heterocycles. The Labute approximate surface area is 230 Å². The van der Waals surface area contributed by atoms with Crippen molar-refractivity contribution in [2.75, 3.05) is 13.2 Å². The number of aromatic nitrogens is 1. The van der Waals surface area contributed by atoms with Crippen molar-refractivity contribution in [3.8, 4) is 0 Å². The summed E-state index contributed by atoms with van der Waals surface area (Å²) in [6.45, 7) is -1.91. The first kappa shape index (κ1) is 32.8. The number of aliphatic hydroxyl groups is 3. The molecule has 2 saturated heterocycles. The largest absolute Gasteiger partial charge is 0.470 e. The molecule has 2 fully saturated rings. The minimum Gasteiger partial charge on any atom is -0.394 e. The van der Waals surface area contributed by atoms with Gasteiger partial charge in [0.15, 0.2) is 12.5 Å². The number of hydrogen-bond donors (Lipinski definition) is 9. The lowest BCUT2D eigenvalue weighted by Gasteiger charge is -2.44. The summed E-state index contributed by atoms with van der Waals surface area (Å²) in [5.74, 6) is 0. The van der Waals surface area contributed by atoms with E-state index in [4.69, 9.17) is 18.7 Å². The van der Waals surface area contributed by atoms with Gasteiger partial charge in [-0.05, 0) is 17.5 Å². The summed E-state index contributed by atoms with van der Waals surface area (Å²) in [7, 11) is -16.2. The molecular formula is C19H28NO18P3. The Morgan fingerprint density at radius 3 is 1.85 bits per heavy atom. The zero-order valence-corrected chi connectivity index (χ0v) is 23.2. The quantitative estimate of drug-likeness (QED) is 0.124. The highest BCUT2D eigenvalue weighted by Gasteiger charge is 2.56. The molecule has 0 aliphatic carbocycles. The molecule has 0 spiro atoms. The molecular weight excluding hydrogens is 623 g/mol. The van der Waals surface area contributed by atoms with Gasteiger partial charge < -0.3 is 63.5 Å². The van der Waals surface area contributed by atoms with Gasteiger partial charge in [0.05, 0.1) is 18.7 Å². The van der Waals surface area contributed by atoms with E-state index < -0.39 is 91.9 Å². The maximum atomic E-state index is 11.9. The third-order valence-electron chi connectivity index (χ3n) is 6.23. The van der Waals surface area contributed by atoms with Crippen molar-refractivity contribution in [2.24, 2.45) is 0 Å². The van der Waals surface area contributed by atoms with Crippen molar-refractivity contribution in [1.29, 1.82) is 0 Å². The van der Waals surface area contributed by atoms with E-state index in [0.29, 0.717) is 10.9 Å². The maximum Gasteiger partial charge on any atom is 0.470 e. The molecule has 9 N–H and O–H groups in total. The number of fused-ring (bicyclic) bond motifs is 1. The number of rotatable bonds is 11. The van der Waals surface area contributed by atoms with Crippen LogP contribution in [0.2, 0.25) is 0 Å². The van der Waals surface area contributed by atoms with Gasteiger partial charge in [0.2, 0.25) is 0 Å². The number of ether oxygens (including phenoxy) is 3. The Hall–Kier alpha value is -1.15. The highest BCUT2D eigenvalue weighted by molar-refractivity contribution is 7.46. The predicted octanol–water partition coefficient (Wildman–Crippen LogP) is -1.57. The molecule has 1 aromatic carbocycles. The molecule has 2 aliphatic rings. The fraction of sp³-hybridized carbons (Fsp3) is 0.579. The van der Waals surface area contributed by atoms with E-state index in [1.165, 1.54) is 10.8 Å². The van der Waals surface area contributed by atoms with Gasteiger partial charge in [0.25, 0.3) is 0 Å². The standard InChI is InChI=1S/C19H28NO18P3/c21-7-11-14(17(38-41(30,31)32)18(33-11)20-6-5-9-3-1-2-4-10(9)20)35-19-13(23)16(37-40(27,28)29)15(12(8-22)34-19)36-39(24,25)26/h1-6,11-19,21-23H,7-8H2,(H2,24,25,26)(H2,27,28,29)(H2,30,31,32)/t11-,12-,13-,14-,15-,16-,17-,18-,19-/m1/s1. The van der Waals surface area contributed by atoms with E-state index in [0.717, 1.165) is 0 Å². The molecule has 22 heteroatoms. The number of nitrogens with zero attached hydrogens (tertiary/aromatic N) is 1. The van der Waals surface area contributed by atoms with Crippen molar-refractivity contribution in [3.63, 3.8) is 0 Å². The Balaban J connectivity index is 1.69. The van der Waals surface area contributed by atoms with Crippen LogP contribution in [-0.2, 0) is 41.5 Å². The molecule has 4 rings (SSSR count). The molecule has 1 aromatic heterocycles. The van der Waals surface area contributed by atoms with Crippen molar-refractivity contribution in [1.82, 2.24) is 4.57 Å². The summed E-state index contributed by atoms with van der Waals surface area (Å²) in [5.41, 5.74) is 0.538. The lowest BCUT2D eigenvalue weighted by atomic mass is 9.99. The zero-order valence-electron chi connectivity index (χ0n) is 20.6. The summed E-state index contributed by atoms with van der Waals surface area (Å²) >= 11 is 0. The fourth-order valence-electron chi connectivity index (χ4n) is 4.71. The Bertz CT molecular complexity index is 1340. The second kappa shape index (κ2) is 12.5. The van der Waals surface area contributed by atoms with Crippen LogP contribution in [0.1, 0.15) is 6.23 Å². The second-order valence-electron chi connectivity index (χ2n) is 9.03. The molecule has 0 bridgehead atoms. The van der Waals surface area contributed by atoms with E-state index in [9.17, 15) is 58.4 Å². The highest BCUT2D eigenvalue weighted by Crippen LogP contribution is 2.49. The lowest BCUT2D eigenvalue weighted by Crippen LogP contribution is -2.61. The van der Waals surface area contributed by atoms with Crippen LogP contribution in [0.3, 0.4) is 0 Å². The van der Waals surface area contributed by atoms with E-state index in [1.54, 1.807) is 30.3 Å². The number of benzene rings is 1. The molecule has 0 amide bonds. The van der Waals surface area contributed by atoms with Crippen LogP contribution >= 0.6 is 23.5 Å². The Morgan fingerprint density at radius 2 is 1.27 bits per heavy atom. The van der Waals surface area contributed by atoms with Crippen molar-refractivity contribution < 1.29 is 86.2 Å². The third kappa shape index (κ3) is 7.87. The van der Waals surface area contributed by atoms with E-state index in [2.05, 4.69) is 9.05 Å². The van der Waals surface area contributed by atoms with Gasteiger partial charge in [-0.1, -0.05) is 18.2 Å². The minimum atomic E-state index is -5.48.